The van der Waals surface area contributed by atoms with Crippen molar-refractivity contribution in [2.45, 2.75) is 20.0 Å². The second-order valence-corrected chi connectivity index (χ2v) is 6.74. The van der Waals surface area contributed by atoms with Crippen LogP contribution in [0, 0.1) is 6.92 Å². The van der Waals surface area contributed by atoms with E-state index in [1.165, 1.54) is 10.4 Å². The van der Waals surface area contributed by atoms with Crippen molar-refractivity contribution in [3.05, 3.63) is 50.1 Å². The molecule has 2 rings (SSSR count). The molecule has 0 aliphatic rings. The van der Waals surface area contributed by atoms with Gasteiger partial charge in [0.05, 0.1) is 13.7 Å². The summed E-state index contributed by atoms with van der Waals surface area (Å²) >= 11 is 5.17. The fourth-order valence-corrected chi connectivity index (χ4v) is 3.41. The first-order chi connectivity index (χ1) is 10.6. The molecule has 0 bridgehead atoms. The Labute approximate surface area is 166 Å². The van der Waals surface area contributed by atoms with E-state index in [0.29, 0.717) is 6.54 Å². The minimum Gasteiger partial charge on any atom is -0.496 e. The highest BCUT2D eigenvalue weighted by atomic mass is 127. The van der Waals surface area contributed by atoms with Crippen molar-refractivity contribution in [1.29, 1.82) is 0 Å². The molecule has 1 aromatic carbocycles. The first kappa shape index (κ1) is 20.2. The third-order valence-corrected chi connectivity index (χ3v) is 4.86. The van der Waals surface area contributed by atoms with Crippen LogP contribution in [0.2, 0.25) is 0 Å². The van der Waals surface area contributed by atoms with Gasteiger partial charge in [0.1, 0.15) is 5.75 Å². The average Bonchev–Trinajstić information content (AvgIpc) is 2.94. The lowest BCUT2D eigenvalue weighted by molar-refractivity contribution is 0.408. The summed E-state index contributed by atoms with van der Waals surface area (Å²) in [6.07, 6.45) is 0. The van der Waals surface area contributed by atoms with Crippen LogP contribution in [0.15, 0.2) is 39.1 Å². The van der Waals surface area contributed by atoms with E-state index in [-0.39, 0.29) is 24.0 Å². The molecule has 4 nitrogen and oxygen atoms in total. The highest BCUT2D eigenvalue weighted by Crippen LogP contribution is 2.20. The molecule has 0 aliphatic heterocycles. The number of aliphatic imine (C=N–C) groups is 1. The van der Waals surface area contributed by atoms with Gasteiger partial charge in [-0.25, -0.2) is 0 Å². The number of hydrogen-bond acceptors (Lipinski definition) is 3. The standard InChI is InChI=1S/C16H20BrN3OS.HI/c1-11-4-5-12(15(6-11)21-3)8-19-16(18-2)20-9-14-7-13(17)10-22-14;/h4-7,10H,8-9H2,1-3H3,(H2,18,19,20);1H. The van der Waals surface area contributed by atoms with Gasteiger partial charge in [0, 0.05) is 33.9 Å². The van der Waals surface area contributed by atoms with E-state index in [2.05, 4.69) is 62.1 Å². The minimum absolute atomic E-state index is 0. The Hall–Kier alpha value is -0.800. The maximum absolute atomic E-state index is 5.42. The van der Waals surface area contributed by atoms with Crippen LogP contribution in [0.1, 0.15) is 16.0 Å². The number of nitrogens with zero attached hydrogens (tertiary/aromatic N) is 1. The van der Waals surface area contributed by atoms with E-state index >= 15 is 0 Å². The number of aryl methyl sites for hydroxylation is 1. The lowest BCUT2D eigenvalue weighted by Crippen LogP contribution is -2.36. The zero-order valence-corrected chi connectivity index (χ0v) is 18.1. The summed E-state index contributed by atoms with van der Waals surface area (Å²) in [6, 6.07) is 8.30. The number of methoxy groups -OCH3 is 1. The van der Waals surface area contributed by atoms with Crippen LogP contribution < -0.4 is 15.4 Å². The maximum atomic E-state index is 5.42. The Balaban J connectivity index is 0.00000264. The number of rotatable bonds is 5. The first-order valence-corrected chi connectivity index (χ1v) is 8.60. The molecule has 0 atom stereocenters. The van der Waals surface area contributed by atoms with Crippen molar-refractivity contribution in [3.8, 4) is 5.75 Å². The highest BCUT2D eigenvalue weighted by molar-refractivity contribution is 14.0. The fraction of sp³-hybridized carbons (Fsp3) is 0.312. The van der Waals surface area contributed by atoms with Crippen LogP contribution in [0.25, 0.3) is 0 Å². The van der Waals surface area contributed by atoms with Crippen LogP contribution in [0.3, 0.4) is 0 Å². The smallest absolute Gasteiger partial charge is 0.191 e. The van der Waals surface area contributed by atoms with Gasteiger partial charge in [0.25, 0.3) is 0 Å². The molecule has 0 spiro atoms. The SMILES string of the molecule is CN=C(NCc1cc(Br)cs1)NCc1ccc(C)cc1OC.I. The number of halogens is 2. The van der Waals surface area contributed by atoms with Crippen molar-refractivity contribution in [1.82, 2.24) is 10.6 Å². The van der Waals surface area contributed by atoms with E-state index in [9.17, 15) is 0 Å². The Morgan fingerprint density at radius 2 is 2.00 bits per heavy atom. The van der Waals surface area contributed by atoms with Gasteiger partial charge >= 0.3 is 0 Å². The first-order valence-electron chi connectivity index (χ1n) is 6.93. The Bertz CT molecular complexity index is 661. The molecule has 0 fully saturated rings. The summed E-state index contributed by atoms with van der Waals surface area (Å²) in [5.74, 6) is 1.66. The summed E-state index contributed by atoms with van der Waals surface area (Å²) in [7, 11) is 3.46. The number of nitrogens with one attached hydrogen (secondary N) is 2. The summed E-state index contributed by atoms with van der Waals surface area (Å²) in [6.45, 7) is 3.47. The van der Waals surface area contributed by atoms with E-state index in [1.54, 1.807) is 25.5 Å². The summed E-state index contributed by atoms with van der Waals surface area (Å²) in [4.78, 5) is 5.50. The quantitative estimate of drug-likeness (QED) is 0.358. The average molecular weight is 510 g/mol. The summed E-state index contributed by atoms with van der Waals surface area (Å²) in [5.41, 5.74) is 2.29. The Morgan fingerprint density at radius 1 is 1.26 bits per heavy atom. The van der Waals surface area contributed by atoms with Crippen LogP contribution >= 0.6 is 51.2 Å². The predicted octanol–water partition coefficient (Wildman–Crippen LogP) is 4.31. The zero-order valence-electron chi connectivity index (χ0n) is 13.4. The third-order valence-electron chi connectivity index (χ3n) is 3.16. The van der Waals surface area contributed by atoms with Crippen LogP contribution in [-0.2, 0) is 13.1 Å². The Morgan fingerprint density at radius 3 is 2.61 bits per heavy atom. The fourth-order valence-electron chi connectivity index (χ4n) is 2.01. The summed E-state index contributed by atoms with van der Waals surface area (Å²) < 4.78 is 6.53. The third kappa shape index (κ3) is 6.31. The topological polar surface area (TPSA) is 45.7 Å². The predicted molar refractivity (Wildman–Crippen MR) is 112 cm³/mol. The second kappa shape index (κ2) is 10.1. The Kier molecular flexibility index (Phi) is 8.93. The minimum atomic E-state index is 0. The van der Waals surface area contributed by atoms with E-state index < -0.39 is 0 Å². The molecule has 1 heterocycles. The lowest BCUT2D eigenvalue weighted by Gasteiger charge is -2.13. The molecule has 126 valence electrons. The van der Waals surface area contributed by atoms with Crippen molar-refractivity contribution < 1.29 is 4.74 Å². The van der Waals surface area contributed by atoms with Gasteiger partial charge in [-0.1, -0.05) is 12.1 Å². The molecule has 0 saturated carbocycles. The second-order valence-electron chi connectivity index (χ2n) is 4.83. The maximum Gasteiger partial charge on any atom is 0.191 e. The van der Waals surface area contributed by atoms with Gasteiger partial charge in [-0.2, -0.15) is 0 Å². The molecule has 2 aromatic rings. The molecule has 0 radical (unpaired) electrons. The van der Waals surface area contributed by atoms with Gasteiger partial charge < -0.3 is 15.4 Å². The van der Waals surface area contributed by atoms with Crippen LogP contribution in [0.4, 0.5) is 0 Å². The molecule has 7 heteroatoms. The molecule has 2 N–H and O–H groups in total. The lowest BCUT2D eigenvalue weighted by atomic mass is 10.1. The van der Waals surface area contributed by atoms with Crippen LogP contribution in [0.5, 0.6) is 5.75 Å². The molecule has 0 unspecified atom stereocenters. The van der Waals surface area contributed by atoms with E-state index in [1.807, 2.05) is 6.07 Å². The number of hydrogen-bond donors (Lipinski definition) is 2. The van der Waals surface area contributed by atoms with Gasteiger partial charge in [-0.15, -0.1) is 35.3 Å². The summed E-state index contributed by atoms with van der Waals surface area (Å²) in [5, 5.41) is 8.69. The molecule has 0 amide bonds. The van der Waals surface area contributed by atoms with Gasteiger partial charge in [0.15, 0.2) is 5.96 Å². The van der Waals surface area contributed by atoms with Crippen molar-refractivity contribution in [2.75, 3.05) is 14.2 Å². The van der Waals surface area contributed by atoms with Gasteiger partial charge in [-0.05, 0) is 40.5 Å². The van der Waals surface area contributed by atoms with E-state index in [0.717, 1.165) is 28.3 Å². The molecule has 0 saturated heterocycles. The molecular weight excluding hydrogens is 489 g/mol. The van der Waals surface area contributed by atoms with Crippen molar-refractivity contribution in [3.63, 3.8) is 0 Å². The number of thiophene rings is 1. The van der Waals surface area contributed by atoms with Crippen molar-refractivity contribution >= 4 is 57.2 Å². The molecule has 23 heavy (non-hydrogen) atoms. The number of ether oxygens (including phenoxy) is 1. The number of guanidine groups is 1. The van der Waals surface area contributed by atoms with Gasteiger partial charge in [-0.3, -0.25) is 4.99 Å². The molecule has 0 aliphatic carbocycles. The number of benzene rings is 1. The normalized spacial score (nSPS) is 10.9. The zero-order chi connectivity index (χ0) is 15.9. The van der Waals surface area contributed by atoms with E-state index in [4.69, 9.17) is 4.74 Å². The monoisotopic (exact) mass is 509 g/mol. The van der Waals surface area contributed by atoms with Crippen molar-refractivity contribution in [2.24, 2.45) is 4.99 Å². The highest BCUT2D eigenvalue weighted by Gasteiger charge is 2.05. The largest absolute Gasteiger partial charge is 0.496 e. The van der Waals surface area contributed by atoms with Gasteiger partial charge in [0.2, 0.25) is 0 Å². The van der Waals surface area contributed by atoms with Crippen LogP contribution in [-0.4, -0.2) is 20.1 Å². The molecular formula is C16H21BrIN3OS. The molecule has 1 aromatic heterocycles.